The number of nitro groups is 1. The third kappa shape index (κ3) is 2.33. The van der Waals surface area contributed by atoms with Crippen LogP contribution in [0.15, 0.2) is 24.4 Å². The van der Waals surface area contributed by atoms with Crippen LogP contribution in [0, 0.1) is 27.3 Å². The largest absolute Gasteiger partial charge is 0.464 e. The molecule has 0 aliphatic heterocycles. The molecule has 1 aromatic heterocycles. The summed E-state index contributed by atoms with van der Waals surface area (Å²) in [6.45, 7) is 0. The minimum Gasteiger partial charge on any atom is -0.464 e. The van der Waals surface area contributed by atoms with Gasteiger partial charge in [-0.2, -0.15) is 5.26 Å². The number of nitro benzene ring substituents is 1. The molecule has 0 unspecified atom stereocenters. The van der Waals surface area contributed by atoms with Crippen LogP contribution in [-0.4, -0.2) is 22.6 Å². The molecule has 1 heterocycles. The lowest BCUT2D eigenvalue weighted by Crippen LogP contribution is -2.12. The molecule has 0 aliphatic carbocycles. The number of nitrogen functional groups attached to an aromatic ring is 1. The molecule has 0 spiro atoms. The molecule has 22 heavy (non-hydrogen) atoms. The van der Waals surface area contributed by atoms with E-state index in [1.807, 2.05) is 0 Å². The van der Waals surface area contributed by atoms with Crippen molar-refractivity contribution < 1.29 is 18.8 Å². The van der Waals surface area contributed by atoms with E-state index in [-0.39, 0.29) is 22.6 Å². The van der Waals surface area contributed by atoms with Crippen molar-refractivity contribution in [3.63, 3.8) is 0 Å². The lowest BCUT2D eigenvalue weighted by Gasteiger charge is -2.09. The molecule has 2 rings (SSSR count). The van der Waals surface area contributed by atoms with Crippen LogP contribution >= 0.6 is 0 Å². The van der Waals surface area contributed by atoms with Crippen molar-refractivity contribution in [3.05, 3.63) is 51.6 Å². The minimum absolute atomic E-state index is 0.0434. The van der Waals surface area contributed by atoms with Crippen molar-refractivity contribution >= 4 is 17.3 Å². The number of methoxy groups -OCH3 is 1. The highest BCUT2D eigenvalue weighted by molar-refractivity contribution is 5.95. The maximum atomic E-state index is 14.1. The first kappa shape index (κ1) is 15.0. The molecule has 2 aromatic rings. The van der Waals surface area contributed by atoms with E-state index in [9.17, 15) is 19.3 Å². The Morgan fingerprint density at radius 1 is 1.55 bits per heavy atom. The zero-order valence-electron chi connectivity index (χ0n) is 11.2. The van der Waals surface area contributed by atoms with Gasteiger partial charge in [-0.1, -0.05) is 0 Å². The van der Waals surface area contributed by atoms with E-state index < -0.39 is 22.4 Å². The fraction of sp³-hybridized carbons (Fsp3) is 0.0769. The average molecular weight is 304 g/mol. The summed E-state index contributed by atoms with van der Waals surface area (Å²) in [5, 5.41) is 19.6. The van der Waals surface area contributed by atoms with Gasteiger partial charge in [0.2, 0.25) is 0 Å². The van der Waals surface area contributed by atoms with Gasteiger partial charge in [0.1, 0.15) is 6.07 Å². The number of benzene rings is 1. The number of non-ortho nitro benzene ring substituents is 1. The van der Waals surface area contributed by atoms with Crippen LogP contribution in [0.3, 0.4) is 0 Å². The number of hydrogen-bond donors (Lipinski definition) is 1. The molecule has 1 aromatic carbocycles. The van der Waals surface area contributed by atoms with Crippen molar-refractivity contribution in [1.82, 2.24) is 4.57 Å². The number of nitrogens with two attached hydrogens (primary N) is 1. The molecule has 0 saturated carbocycles. The van der Waals surface area contributed by atoms with Crippen LogP contribution in [-0.2, 0) is 4.74 Å². The van der Waals surface area contributed by atoms with E-state index in [4.69, 9.17) is 11.0 Å². The SMILES string of the molecule is COC(=O)c1c(N)c(C#N)cn1-c1ccc([N+](=O)[O-])cc1F. The third-order valence-corrected chi connectivity index (χ3v) is 2.95. The van der Waals surface area contributed by atoms with Gasteiger partial charge in [-0.25, -0.2) is 9.18 Å². The second-order valence-electron chi connectivity index (χ2n) is 4.17. The van der Waals surface area contributed by atoms with Gasteiger partial charge in [0.15, 0.2) is 11.5 Å². The summed E-state index contributed by atoms with van der Waals surface area (Å²) in [6.07, 6.45) is 1.16. The summed E-state index contributed by atoms with van der Waals surface area (Å²) in [5.74, 6) is -1.81. The first-order valence-electron chi connectivity index (χ1n) is 5.84. The lowest BCUT2D eigenvalue weighted by molar-refractivity contribution is -0.385. The molecule has 0 atom stereocenters. The van der Waals surface area contributed by atoms with Gasteiger partial charge in [-0.05, 0) is 6.07 Å². The molecule has 0 radical (unpaired) electrons. The summed E-state index contributed by atoms with van der Waals surface area (Å²) in [5.41, 5.74) is 4.64. The number of carbonyl (C=O) groups excluding carboxylic acids is 1. The van der Waals surface area contributed by atoms with E-state index in [0.717, 1.165) is 30.0 Å². The fourth-order valence-electron chi connectivity index (χ4n) is 1.91. The Morgan fingerprint density at radius 3 is 2.73 bits per heavy atom. The van der Waals surface area contributed by atoms with E-state index in [0.29, 0.717) is 6.07 Å². The monoisotopic (exact) mass is 304 g/mol. The van der Waals surface area contributed by atoms with Crippen LogP contribution in [0.25, 0.3) is 5.69 Å². The third-order valence-electron chi connectivity index (χ3n) is 2.95. The number of aromatic nitrogens is 1. The van der Waals surface area contributed by atoms with Gasteiger partial charge >= 0.3 is 5.97 Å². The second kappa shape index (κ2) is 5.53. The molecular formula is C13H9FN4O4. The van der Waals surface area contributed by atoms with Crippen molar-refractivity contribution in [3.8, 4) is 11.8 Å². The van der Waals surface area contributed by atoms with E-state index in [1.54, 1.807) is 6.07 Å². The molecule has 0 fully saturated rings. The maximum absolute atomic E-state index is 14.1. The average Bonchev–Trinajstić information content (AvgIpc) is 2.82. The number of carbonyl (C=O) groups is 1. The molecule has 0 amide bonds. The number of hydrogen-bond acceptors (Lipinski definition) is 6. The van der Waals surface area contributed by atoms with E-state index in [2.05, 4.69) is 4.74 Å². The predicted octanol–water partition coefficient (Wildman–Crippen LogP) is 1.77. The highest BCUT2D eigenvalue weighted by atomic mass is 19.1. The number of nitriles is 1. The zero-order valence-corrected chi connectivity index (χ0v) is 11.2. The van der Waals surface area contributed by atoms with Gasteiger partial charge < -0.3 is 15.0 Å². The fourth-order valence-corrected chi connectivity index (χ4v) is 1.91. The standard InChI is InChI=1S/C13H9FN4O4/c1-22-13(19)12-11(16)7(5-15)6-17(12)10-3-2-8(18(20)21)4-9(10)14/h2-4,6H,16H2,1H3. The highest BCUT2D eigenvalue weighted by Gasteiger charge is 2.23. The van der Waals surface area contributed by atoms with Gasteiger partial charge in [-0.3, -0.25) is 10.1 Å². The molecule has 112 valence electrons. The van der Waals surface area contributed by atoms with Crippen molar-refractivity contribution in [2.75, 3.05) is 12.8 Å². The number of nitrogens with zero attached hydrogens (tertiary/aromatic N) is 3. The maximum Gasteiger partial charge on any atom is 0.357 e. The molecule has 0 saturated heterocycles. The Hall–Kier alpha value is -3.41. The minimum atomic E-state index is -0.946. The lowest BCUT2D eigenvalue weighted by atomic mass is 10.2. The van der Waals surface area contributed by atoms with Crippen LogP contribution in [0.4, 0.5) is 15.8 Å². The number of rotatable bonds is 3. The van der Waals surface area contributed by atoms with Crippen molar-refractivity contribution in [2.24, 2.45) is 0 Å². The summed E-state index contributed by atoms with van der Waals surface area (Å²) in [4.78, 5) is 21.7. The first-order valence-corrected chi connectivity index (χ1v) is 5.84. The number of halogens is 1. The summed E-state index contributed by atoms with van der Waals surface area (Å²) in [6, 6.07) is 4.66. The van der Waals surface area contributed by atoms with E-state index in [1.165, 1.54) is 0 Å². The Labute approximate surface area is 123 Å². The molecule has 0 aliphatic rings. The normalized spacial score (nSPS) is 10.0. The molecular weight excluding hydrogens is 295 g/mol. The quantitative estimate of drug-likeness (QED) is 0.523. The summed E-state index contributed by atoms with van der Waals surface area (Å²) >= 11 is 0. The Kier molecular flexibility index (Phi) is 3.77. The number of ether oxygens (including phenoxy) is 1. The molecule has 8 nitrogen and oxygen atoms in total. The van der Waals surface area contributed by atoms with Gasteiger partial charge in [0.05, 0.1) is 35.0 Å². The summed E-state index contributed by atoms with van der Waals surface area (Å²) in [7, 11) is 1.11. The molecule has 9 heteroatoms. The highest BCUT2D eigenvalue weighted by Crippen LogP contribution is 2.27. The van der Waals surface area contributed by atoms with Crippen LogP contribution in [0.5, 0.6) is 0 Å². The molecule has 0 bridgehead atoms. The number of anilines is 1. The van der Waals surface area contributed by atoms with Crippen LogP contribution in [0.2, 0.25) is 0 Å². The predicted molar refractivity (Wildman–Crippen MR) is 72.8 cm³/mol. The summed E-state index contributed by atoms with van der Waals surface area (Å²) < 4.78 is 19.7. The van der Waals surface area contributed by atoms with Crippen molar-refractivity contribution in [2.45, 2.75) is 0 Å². The number of esters is 1. The van der Waals surface area contributed by atoms with Gasteiger partial charge in [-0.15, -0.1) is 0 Å². The van der Waals surface area contributed by atoms with Crippen LogP contribution in [0.1, 0.15) is 16.1 Å². The second-order valence-corrected chi connectivity index (χ2v) is 4.17. The van der Waals surface area contributed by atoms with Crippen LogP contribution < -0.4 is 5.73 Å². The first-order chi connectivity index (χ1) is 10.4. The van der Waals surface area contributed by atoms with Gasteiger partial charge in [0.25, 0.3) is 5.69 Å². The zero-order chi connectivity index (χ0) is 16.4. The molecule has 2 N–H and O–H groups in total. The smallest absolute Gasteiger partial charge is 0.357 e. The van der Waals surface area contributed by atoms with E-state index >= 15 is 0 Å². The van der Waals surface area contributed by atoms with Gasteiger partial charge in [0, 0.05) is 12.3 Å². The Morgan fingerprint density at radius 2 is 2.23 bits per heavy atom. The van der Waals surface area contributed by atoms with Crippen molar-refractivity contribution in [1.29, 1.82) is 5.26 Å². The Balaban J connectivity index is 2.70. The topological polar surface area (TPSA) is 124 Å². The Bertz CT molecular complexity index is 822.